The maximum absolute atomic E-state index is 13.2. The molecule has 7 nitrogen and oxygen atoms in total. The van der Waals surface area contributed by atoms with Crippen LogP contribution >= 0.6 is 0 Å². The zero-order valence-corrected chi connectivity index (χ0v) is 19.6. The van der Waals surface area contributed by atoms with Gasteiger partial charge in [-0.15, -0.1) is 0 Å². The average Bonchev–Trinajstić information content (AvgIpc) is 2.75. The summed E-state index contributed by atoms with van der Waals surface area (Å²) in [4.78, 5) is 19.6. The van der Waals surface area contributed by atoms with E-state index < -0.39 is 11.6 Å². The third-order valence-electron chi connectivity index (χ3n) is 6.27. The highest BCUT2D eigenvalue weighted by Crippen LogP contribution is 2.39. The Morgan fingerprint density at radius 1 is 1.21 bits per heavy atom. The molecule has 9 heteroatoms. The molecule has 2 heterocycles. The average molecular weight is 473 g/mol. The first-order valence-corrected chi connectivity index (χ1v) is 11.3. The van der Waals surface area contributed by atoms with Crippen LogP contribution in [-0.2, 0) is 15.1 Å². The van der Waals surface area contributed by atoms with Crippen molar-refractivity contribution in [1.82, 2.24) is 4.90 Å². The summed E-state index contributed by atoms with van der Waals surface area (Å²) in [5.41, 5.74) is 8.87. The molecule has 0 spiro atoms. The third-order valence-corrected chi connectivity index (χ3v) is 6.27. The number of carbonyl (C=O) groups is 1. The number of hydrogen-bond acceptors (Lipinski definition) is 6. The fourth-order valence-corrected chi connectivity index (χ4v) is 4.67. The van der Waals surface area contributed by atoms with E-state index in [-0.39, 0.29) is 30.1 Å². The molecular weight excluding hydrogens is 442 g/mol. The molecule has 0 bridgehead atoms. The first-order chi connectivity index (χ1) is 16.1. The second-order valence-electron chi connectivity index (χ2n) is 9.07. The summed E-state index contributed by atoms with van der Waals surface area (Å²) >= 11 is 0. The molecule has 1 amide bonds. The lowest BCUT2D eigenvalue weighted by Crippen LogP contribution is -2.55. The Bertz CT molecular complexity index is 1080. The number of alkyl halides is 2. The van der Waals surface area contributed by atoms with Gasteiger partial charge in [-0.25, -0.2) is 4.99 Å². The third kappa shape index (κ3) is 5.14. The van der Waals surface area contributed by atoms with Crippen molar-refractivity contribution in [3.63, 3.8) is 0 Å². The number of benzene rings is 2. The predicted molar refractivity (Wildman–Crippen MR) is 126 cm³/mol. The lowest BCUT2D eigenvalue weighted by atomic mass is 9.84. The van der Waals surface area contributed by atoms with Crippen LogP contribution in [0, 0.1) is 6.92 Å². The molecule has 34 heavy (non-hydrogen) atoms. The lowest BCUT2D eigenvalue weighted by molar-refractivity contribution is -0.158. The van der Waals surface area contributed by atoms with Crippen LogP contribution in [0.5, 0.6) is 5.75 Å². The van der Waals surface area contributed by atoms with Gasteiger partial charge >= 0.3 is 6.11 Å². The minimum absolute atomic E-state index is 0.0169. The molecule has 2 aromatic carbocycles. The number of ether oxygens (including phenoxy) is 2. The minimum atomic E-state index is -3.24. The highest BCUT2D eigenvalue weighted by Gasteiger charge is 2.41. The summed E-state index contributed by atoms with van der Waals surface area (Å²) in [5.74, 6) is 0.283. The van der Waals surface area contributed by atoms with Gasteiger partial charge in [-0.05, 0) is 68.1 Å². The zero-order chi connectivity index (χ0) is 24.5. The number of halogens is 2. The van der Waals surface area contributed by atoms with E-state index in [1.54, 1.807) is 17.0 Å². The number of aliphatic imine (C=N–C) groups is 1. The summed E-state index contributed by atoms with van der Waals surface area (Å²) in [6.45, 7) is 5.80. The SMILES string of the molecule is Cc1c(Nc2ccc(OC(C)(F)F)cc2)cccc1[C@]1(C)CC(=O)N(C2CCOCC2)C(N)=N1. The van der Waals surface area contributed by atoms with Crippen molar-refractivity contribution in [2.45, 2.75) is 57.7 Å². The van der Waals surface area contributed by atoms with E-state index in [1.807, 2.05) is 32.0 Å². The minimum Gasteiger partial charge on any atom is -0.433 e. The zero-order valence-electron chi connectivity index (χ0n) is 19.6. The number of rotatable bonds is 6. The van der Waals surface area contributed by atoms with Crippen LogP contribution in [0.1, 0.15) is 44.2 Å². The number of nitrogens with one attached hydrogen (secondary N) is 1. The molecule has 2 aliphatic rings. The molecule has 2 aromatic rings. The molecule has 182 valence electrons. The fourth-order valence-electron chi connectivity index (χ4n) is 4.67. The monoisotopic (exact) mass is 472 g/mol. The predicted octanol–water partition coefficient (Wildman–Crippen LogP) is 4.67. The molecular formula is C25H30F2N4O3. The van der Waals surface area contributed by atoms with E-state index in [0.29, 0.717) is 25.8 Å². The van der Waals surface area contributed by atoms with Crippen molar-refractivity contribution >= 4 is 23.2 Å². The summed E-state index contributed by atoms with van der Waals surface area (Å²) in [5, 5.41) is 3.31. The number of anilines is 2. The number of hydrogen-bond donors (Lipinski definition) is 2. The Labute approximate surface area is 197 Å². The summed E-state index contributed by atoms with van der Waals surface area (Å²) in [6.07, 6.45) is -1.53. The standard InChI is InChI=1S/C25H30F2N4O3/c1-16-20(24(2)15-22(32)31(23(28)30-24)18-11-13-33-14-12-18)5-4-6-21(16)29-17-7-9-19(10-8-17)34-25(3,26)27/h4-10,18,29H,11-15H2,1-3H3,(H2,28,30)/t24-/m0/s1. The highest BCUT2D eigenvalue weighted by atomic mass is 19.3. The molecule has 0 radical (unpaired) electrons. The van der Waals surface area contributed by atoms with Crippen molar-refractivity contribution in [1.29, 1.82) is 0 Å². The van der Waals surface area contributed by atoms with E-state index in [9.17, 15) is 13.6 Å². The van der Waals surface area contributed by atoms with Gasteiger partial charge in [-0.2, -0.15) is 8.78 Å². The first-order valence-electron chi connectivity index (χ1n) is 11.3. The number of nitrogens with zero attached hydrogens (tertiary/aromatic N) is 2. The van der Waals surface area contributed by atoms with Crippen LogP contribution in [0.3, 0.4) is 0 Å². The van der Waals surface area contributed by atoms with E-state index in [1.165, 1.54) is 12.1 Å². The highest BCUT2D eigenvalue weighted by molar-refractivity contribution is 5.99. The molecule has 2 aliphatic heterocycles. The van der Waals surface area contributed by atoms with Crippen LogP contribution in [0.2, 0.25) is 0 Å². The maximum atomic E-state index is 13.2. The van der Waals surface area contributed by atoms with Gasteiger partial charge in [0.2, 0.25) is 5.91 Å². The van der Waals surface area contributed by atoms with Gasteiger partial charge in [0.05, 0.1) is 12.0 Å². The van der Waals surface area contributed by atoms with Crippen molar-refractivity contribution in [3.05, 3.63) is 53.6 Å². The Morgan fingerprint density at radius 3 is 2.50 bits per heavy atom. The van der Waals surface area contributed by atoms with Gasteiger partial charge in [0.25, 0.3) is 0 Å². The van der Waals surface area contributed by atoms with Crippen molar-refractivity contribution in [3.8, 4) is 5.75 Å². The molecule has 1 fully saturated rings. The summed E-state index contributed by atoms with van der Waals surface area (Å²) < 4.78 is 36.1. The smallest absolute Gasteiger partial charge is 0.394 e. The van der Waals surface area contributed by atoms with Gasteiger partial charge in [-0.1, -0.05) is 12.1 Å². The molecule has 0 unspecified atom stereocenters. The molecule has 1 saturated heterocycles. The summed E-state index contributed by atoms with van der Waals surface area (Å²) in [7, 11) is 0. The van der Waals surface area contributed by atoms with Gasteiger partial charge < -0.3 is 20.5 Å². The Kier molecular flexibility index (Phi) is 6.49. The van der Waals surface area contributed by atoms with E-state index >= 15 is 0 Å². The van der Waals surface area contributed by atoms with Crippen LogP contribution < -0.4 is 15.8 Å². The molecule has 0 saturated carbocycles. The van der Waals surface area contributed by atoms with Gasteiger partial charge in [0, 0.05) is 37.6 Å². The van der Waals surface area contributed by atoms with Crippen LogP contribution in [0.4, 0.5) is 20.2 Å². The maximum Gasteiger partial charge on any atom is 0.394 e. The molecule has 4 rings (SSSR count). The summed E-state index contributed by atoms with van der Waals surface area (Å²) in [6, 6.07) is 12.1. The van der Waals surface area contributed by atoms with E-state index in [4.69, 9.17) is 15.5 Å². The van der Waals surface area contributed by atoms with E-state index in [0.717, 1.165) is 29.7 Å². The molecule has 0 aromatic heterocycles. The van der Waals surface area contributed by atoms with Crippen LogP contribution in [0.15, 0.2) is 47.5 Å². The topological polar surface area (TPSA) is 89.2 Å². The number of nitrogens with two attached hydrogens (primary N) is 1. The quantitative estimate of drug-likeness (QED) is 0.638. The van der Waals surface area contributed by atoms with Gasteiger partial charge in [0.15, 0.2) is 5.96 Å². The Balaban J connectivity index is 1.56. The lowest BCUT2D eigenvalue weighted by Gasteiger charge is -2.41. The van der Waals surface area contributed by atoms with E-state index in [2.05, 4.69) is 10.1 Å². The molecule has 1 atom stereocenters. The van der Waals surface area contributed by atoms with Gasteiger partial charge in [0.1, 0.15) is 5.75 Å². The second-order valence-corrected chi connectivity index (χ2v) is 9.07. The normalized spacial score (nSPS) is 21.9. The van der Waals surface area contributed by atoms with Gasteiger partial charge in [-0.3, -0.25) is 9.69 Å². The number of carbonyl (C=O) groups excluding carboxylic acids is 1. The van der Waals surface area contributed by atoms with Crippen molar-refractivity contribution in [2.24, 2.45) is 10.7 Å². The van der Waals surface area contributed by atoms with Crippen molar-refractivity contribution in [2.75, 3.05) is 18.5 Å². The van der Waals surface area contributed by atoms with Crippen LogP contribution in [-0.4, -0.2) is 42.1 Å². The molecule has 3 N–H and O–H groups in total. The molecule has 0 aliphatic carbocycles. The first kappa shape index (κ1) is 23.9. The number of amides is 1. The largest absolute Gasteiger partial charge is 0.433 e. The second kappa shape index (κ2) is 9.21. The number of guanidine groups is 1. The van der Waals surface area contributed by atoms with Crippen molar-refractivity contribution < 1.29 is 23.0 Å². The Hall–Kier alpha value is -3.20. The van der Waals surface area contributed by atoms with Crippen LogP contribution in [0.25, 0.3) is 0 Å². The Morgan fingerprint density at radius 2 is 1.88 bits per heavy atom. The fraction of sp³-hybridized carbons (Fsp3) is 0.440.